The molecule has 0 bridgehead atoms. The van der Waals surface area contributed by atoms with Crippen LogP contribution in [0.4, 0.5) is 0 Å². The maximum absolute atomic E-state index is 12.3. The van der Waals surface area contributed by atoms with Gasteiger partial charge in [0.05, 0.1) is 6.61 Å². The van der Waals surface area contributed by atoms with E-state index in [9.17, 15) is 9.90 Å². The van der Waals surface area contributed by atoms with Gasteiger partial charge in [0.25, 0.3) is 0 Å². The van der Waals surface area contributed by atoms with Crippen LogP contribution >= 0.6 is 0 Å². The molecule has 0 amide bonds. The molecule has 1 fully saturated rings. The van der Waals surface area contributed by atoms with Gasteiger partial charge in [-0.15, -0.1) is 0 Å². The van der Waals surface area contributed by atoms with Gasteiger partial charge < -0.3 is 5.11 Å². The number of hydrogen-bond acceptors (Lipinski definition) is 3. The number of rotatable bonds is 5. The summed E-state index contributed by atoms with van der Waals surface area (Å²) in [6.45, 7) is 6.02. The summed E-state index contributed by atoms with van der Waals surface area (Å²) < 4.78 is 0. The number of carbonyl (C=O) groups is 1. The Bertz CT molecular complexity index is 450. The summed E-state index contributed by atoms with van der Waals surface area (Å²) in [7, 11) is 0. The summed E-state index contributed by atoms with van der Waals surface area (Å²) in [6.07, 6.45) is 3.95. The summed E-state index contributed by atoms with van der Waals surface area (Å²) in [5, 5.41) is 9.39. The second-order valence-electron chi connectivity index (χ2n) is 5.92. The van der Waals surface area contributed by atoms with Crippen molar-refractivity contribution in [2.75, 3.05) is 19.7 Å². The first-order chi connectivity index (χ1) is 9.60. The quantitative estimate of drug-likeness (QED) is 0.840. The molecule has 0 spiro atoms. The first-order valence-electron chi connectivity index (χ1n) is 7.56. The van der Waals surface area contributed by atoms with E-state index in [1.165, 1.54) is 12.8 Å². The fourth-order valence-corrected chi connectivity index (χ4v) is 3.09. The van der Waals surface area contributed by atoms with Crippen LogP contribution in [0.5, 0.6) is 0 Å². The lowest BCUT2D eigenvalue weighted by Crippen LogP contribution is -2.42. The molecule has 1 saturated heterocycles. The van der Waals surface area contributed by atoms with Crippen LogP contribution in [0.2, 0.25) is 0 Å². The number of piperidine rings is 1. The molecule has 2 rings (SSSR count). The molecule has 1 unspecified atom stereocenters. The van der Waals surface area contributed by atoms with Gasteiger partial charge in [-0.1, -0.05) is 23.6 Å². The second kappa shape index (κ2) is 7.00. The Labute approximate surface area is 121 Å². The molecule has 0 radical (unpaired) electrons. The molecule has 1 aliphatic heterocycles. The molecule has 1 N–H and O–H groups in total. The Kier molecular flexibility index (Phi) is 5.32. The standard InChI is InChI=1S/C17H25NO2/c1-13-9-14(2)11-15(10-13)17(20)6-8-18-7-4-3-5-16(18)12-19/h9-11,16,19H,3-8,12H2,1-2H3. The van der Waals surface area contributed by atoms with E-state index >= 15 is 0 Å². The number of aryl methyl sites for hydroxylation is 2. The topological polar surface area (TPSA) is 40.5 Å². The summed E-state index contributed by atoms with van der Waals surface area (Å²) >= 11 is 0. The van der Waals surface area contributed by atoms with Crippen molar-refractivity contribution in [1.82, 2.24) is 4.90 Å². The Morgan fingerprint density at radius 1 is 1.25 bits per heavy atom. The average Bonchev–Trinajstić information content (AvgIpc) is 2.44. The fraction of sp³-hybridized carbons (Fsp3) is 0.588. The van der Waals surface area contributed by atoms with Crippen molar-refractivity contribution in [3.8, 4) is 0 Å². The van der Waals surface area contributed by atoms with Gasteiger partial charge in [0.1, 0.15) is 0 Å². The molecular formula is C17H25NO2. The lowest BCUT2D eigenvalue weighted by molar-refractivity contribution is 0.0793. The van der Waals surface area contributed by atoms with Gasteiger partial charge in [0.15, 0.2) is 5.78 Å². The minimum absolute atomic E-state index is 0.206. The molecule has 1 aromatic rings. The van der Waals surface area contributed by atoms with Gasteiger partial charge in [0.2, 0.25) is 0 Å². The minimum Gasteiger partial charge on any atom is -0.395 e. The highest BCUT2D eigenvalue weighted by Crippen LogP contribution is 2.18. The third-order valence-electron chi connectivity index (χ3n) is 4.13. The molecule has 1 atom stereocenters. The van der Waals surface area contributed by atoms with E-state index in [1.807, 2.05) is 26.0 Å². The predicted molar refractivity (Wildman–Crippen MR) is 81.2 cm³/mol. The number of ketones is 1. The fourth-order valence-electron chi connectivity index (χ4n) is 3.09. The number of benzene rings is 1. The number of aliphatic hydroxyl groups excluding tert-OH is 1. The maximum Gasteiger partial charge on any atom is 0.164 e. The van der Waals surface area contributed by atoms with Crippen molar-refractivity contribution >= 4 is 5.78 Å². The van der Waals surface area contributed by atoms with Crippen molar-refractivity contribution in [2.24, 2.45) is 0 Å². The monoisotopic (exact) mass is 275 g/mol. The zero-order valence-corrected chi connectivity index (χ0v) is 12.6. The number of carbonyl (C=O) groups excluding carboxylic acids is 1. The lowest BCUT2D eigenvalue weighted by atomic mass is 10.00. The maximum atomic E-state index is 12.3. The zero-order valence-electron chi connectivity index (χ0n) is 12.6. The van der Waals surface area contributed by atoms with E-state index in [4.69, 9.17) is 0 Å². The van der Waals surface area contributed by atoms with Crippen molar-refractivity contribution < 1.29 is 9.90 Å². The normalized spacial score (nSPS) is 20.1. The first-order valence-corrected chi connectivity index (χ1v) is 7.56. The van der Waals surface area contributed by atoms with Crippen molar-refractivity contribution in [2.45, 2.75) is 45.6 Å². The zero-order chi connectivity index (χ0) is 14.5. The van der Waals surface area contributed by atoms with Crippen LogP contribution in [0.15, 0.2) is 18.2 Å². The first kappa shape index (κ1) is 15.2. The number of likely N-dealkylation sites (tertiary alicyclic amines) is 1. The Hall–Kier alpha value is -1.19. The van der Waals surface area contributed by atoms with Crippen molar-refractivity contribution in [3.05, 3.63) is 34.9 Å². The number of Topliss-reactive ketones (excluding diaryl/α,β-unsaturated/α-hetero) is 1. The van der Waals surface area contributed by atoms with Gasteiger partial charge in [-0.25, -0.2) is 0 Å². The summed E-state index contributed by atoms with van der Waals surface area (Å²) in [5.41, 5.74) is 3.10. The van der Waals surface area contributed by atoms with Crippen LogP contribution in [0, 0.1) is 13.8 Å². The summed E-state index contributed by atoms with van der Waals surface area (Å²) in [4.78, 5) is 14.6. The molecule has 1 heterocycles. The van der Waals surface area contributed by atoms with Gasteiger partial charge in [-0.05, 0) is 45.4 Å². The number of nitrogens with zero attached hydrogens (tertiary/aromatic N) is 1. The number of aliphatic hydroxyl groups is 1. The van der Waals surface area contributed by atoms with Crippen LogP contribution in [0.3, 0.4) is 0 Å². The second-order valence-corrected chi connectivity index (χ2v) is 5.92. The van der Waals surface area contributed by atoms with Crippen molar-refractivity contribution in [3.63, 3.8) is 0 Å². The van der Waals surface area contributed by atoms with Crippen LogP contribution in [0.25, 0.3) is 0 Å². The predicted octanol–water partition coefficient (Wildman–Crippen LogP) is 2.72. The molecule has 3 heteroatoms. The van der Waals surface area contributed by atoms with E-state index in [0.717, 1.165) is 36.2 Å². The molecule has 0 aromatic heterocycles. The summed E-state index contributed by atoms with van der Waals surface area (Å²) in [6, 6.07) is 6.27. The molecule has 110 valence electrons. The van der Waals surface area contributed by atoms with Crippen LogP contribution in [0.1, 0.15) is 47.2 Å². The highest BCUT2D eigenvalue weighted by atomic mass is 16.3. The van der Waals surface area contributed by atoms with E-state index in [1.54, 1.807) is 0 Å². The lowest BCUT2D eigenvalue weighted by Gasteiger charge is -2.34. The van der Waals surface area contributed by atoms with Crippen LogP contribution < -0.4 is 0 Å². The molecule has 20 heavy (non-hydrogen) atoms. The van der Waals surface area contributed by atoms with Gasteiger partial charge in [0, 0.05) is 24.6 Å². The smallest absolute Gasteiger partial charge is 0.164 e. The molecule has 1 aliphatic rings. The van der Waals surface area contributed by atoms with Crippen molar-refractivity contribution in [1.29, 1.82) is 0 Å². The Balaban J connectivity index is 1.94. The summed E-state index contributed by atoms with van der Waals surface area (Å²) in [5.74, 6) is 0.207. The molecule has 0 aliphatic carbocycles. The molecule has 1 aromatic carbocycles. The van der Waals surface area contributed by atoms with Gasteiger partial charge in [-0.2, -0.15) is 0 Å². The molecule has 0 saturated carbocycles. The largest absolute Gasteiger partial charge is 0.395 e. The van der Waals surface area contributed by atoms with E-state index in [0.29, 0.717) is 6.42 Å². The number of hydrogen-bond donors (Lipinski definition) is 1. The van der Waals surface area contributed by atoms with Crippen LogP contribution in [-0.2, 0) is 0 Å². The van der Waals surface area contributed by atoms with E-state index in [2.05, 4.69) is 11.0 Å². The van der Waals surface area contributed by atoms with E-state index in [-0.39, 0.29) is 18.4 Å². The SMILES string of the molecule is Cc1cc(C)cc(C(=O)CCN2CCCCC2CO)c1. The molecular weight excluding hydrogens is 250 g/mol. The Morgan fingerprint density at radius 3 is 2.60 bits per heavy atom. The van der Waals surface area contributed by atoms with E-state index < -0.39 is 0 Å². The average molecular weight is 275 g/mol. The van der Waals surface area contributed by atoms with Crippen LogP contribution in [-0.4, -0.2) is 41.5 Å². The Morgan fingerprint density at radius 2 is 1.95 bits per heavy atom. The highest BCUT2D eigenvalue weighted by Gasteiger charge is 2.22. The highest BCUT2D eigenvalue weighted by molar-refractivity contribution is 5.96. The third kappa shape index (κ3) is 3.90. The third-order valence-corrected chi connectivity index (χ3v) is 4.13. The molecule has 3 nitrogen and oxygen atoms in total. The van der Waals surface area contributed by atoms with Gasteiger partial charge in [-0.3, -0.25) is 9.69 Å². The minimum atomic E-state index is 0.206. The van der Waals surface area contributed by atoms with Gasteiger partial charge >= 0.3 is 0 Å².